The highest BCUT2D eigenvalue weighted by Gasteiger charge is 2.31. The van der Waals surface area contributed by atoms with Crippen LogP contribution in [0.1, 0.15) is 28.4 Å². The third-order valence-corrected chi connectivity index (χ3v) is 3.06. The number of hydrogen-bond donors (Lipinski definition) is 1. The molecule has 106 valence electrons. The van der Waals surface area contributed by atoms with Gasteiger partial charge in [0, 0.05) is 0 Å². The second-order valence-corrected chi connectivity index (χ2v) is 4.53. The molecule has 0 aliphatic rings. The molecule has 2 rings (SSSR count). The highest BCUT2D eigenvalue weighted by atomic mass is 19.4. The first-order valence-electron chi connectivity index (χ1n) is 5.90. The van der Waals surface area contributed by atoms with Crippen LogP contribution in [0.5, 0.6) is 0 Å². The first-order chi connectivity index (χ1) is 9.29. The van der Waals surface area contributed by atoms with Crippen molar-refractivity contribution in [1.82, 2.24) is 0 Å². The van der Waals surface area contributed by atoms with Crippen LogP contribution in [-0.2, 0) is 6.18 Å². The average molecular weight is 284 g/mol. The van der Waals surface area contributed by atoms with Gasteiger partial charge in [0.15, 0.2) is 0 Å². The first-order valence-corrected chi connectivity index (χ1v) is 5.90. The summed E-state index contributed by atoms with van der Waals surface area (Å²) >= 11 is 0. The average Bonchev–Trinajstić information content (AvgIpc) is 2.37. The zero-order valence-corrected chi connectivity index (χ0v) is 10.6. The van der Waals surface area contributed by atoms with Gasteiger partial charge in [-0.1, -0.05) is 18.2 Å². The Morgan fingerprint density at radius 2 is 1.75 bits per heavy atom. The minimum absolute atomic E-state index is 0.120. The molecular formula is C15H12F4O. The molecule has 20 heavy (non-hydrogen) atoms. The Labute approximate surface area is 113 Å². The largest absolute Gasteiger partial charge is 0.416 e. The third kappa shape index (κ3) is 2.99. The van der Waals surface area contributed by atoms with Gasteiger partial charge in [-0.2, -0.15) is 13.2 Å². The smallest absolute Gasteiger partial charge is 0.384 e. The Morgan fingerprint density at radius 3 is 2.35 bits per heavy atom. The number of aryl methyl sites for hydroxylation is 1. The lowest BCUT2D eigenvalue weighted by Gasteiger charge is -2.16. The maximum Gasteiger partial charge on any atom is 0.416 e. The van der Waals surface area contributed by atoms with Gasteiger partial charge in [-0.25, -0.2) is 4.39 Å². The third-order valence-electron chi connectivity index (χ3n) is 3.06. The monoisotopic (exact) mass is 284 g/mol. The SMILES string of the molecule is Cc1cc(F)ccc1C(O)c1cccc(C(F)(F)F)c1. The Morgan fingerprint density at radius 1 is 1.05 bits per heavy atom. The number of halogens is 4. The van der Waals surface area contributed by atoms with E-state index in [9.17, 15) is 22.7 Å². The number of alkyl halides is 3. The van der Waals surface area contributed by atoms with Crippen LogP contribution in [0.3, 0.4) is 0 Å². The van der Waals surface area contributed by atoms with E-state index in [2.05, 4.69) is 0 Å². The van der Waals surface area contributed by atoms with Crippen molar-refractivity contribution in [3.05, 3.63) is 70.5 Å². The van der Waals surface area contributed by atoms with Gasteiger partial charge in [-0.05, 0) is 47.9 Å². The molecule has 0 aromatic heterocycles. The van der Waals surface area contributed by atoms with Crippen molar-refractivity contribution >= 4 is 0 Å². The number of aliphatic hydroxyl groups is 1. The fourth-order valence-electron chi connectivity index (χ4n) is 2.01. The summed E-state index contributed by atoms with van der Waals surface area (Å²) in [4.78, 5) is 0. The second kappa shape index (κ2) is 5.25. The summed E-state index contributed by atoms with van der Waals surface area (Å²) < 4.78 is 50.9. The maximum absolute atomic E-state index is 13.0. The molecule has 5 heteroatoms. The minimum Gasteiger partial charge on any atom is -0.384 e. The Kier molecular flexibility index (Phi) is 3.81. The zero-order valence-electron chi connectivity index (χ0n) is 10.6. The van der Waals surface area contributed by atoms with Crippen molar-refractivity contribution in [3.63, 3.8) is 0 Å². The second-order valence-electron chi connectivity index (χ2n) is 4.53. The van der Waals surface area contributed by atoms with Crippen molar-refractivity contribution in [2.75, 3.05) is 0 Å². The lowest BCUT2D eigenvalue weighted by molar-refractivity contribution is -0.137. The van der Waals surface area contributed by atoms with E-state index in [1.807, 2.05) is 0 Å². The van der Waals surface area contributed by atoms with E-state index < -0.39 is 23.7 Å². The Balaban J connectivity index is 2.41. The van der Waals surface area contributed by atoms with E-state index >= 15 is 0 Å². The lowest BCUT2D eigenvalue weighted by Crippen LogP contribution is -2.08. The standard InChI is InChI=1S/C15H12F4O/c1-9-7-12(16)5-6-13(9)14(20)10-3-2-4-11(8-10)15(17,18)19/h2-8,14,20H,1H3. The number of rotatable bonds is 2. The molecule has 1 nitrogen and oxygen atoms in total. The zero-order chi connectivity index (χ0) is 14.9. The molecule has 0 aliphatic heterocycles. The number of benzene rings is 2. The van der Waals surface area contributed by atoms with Crippen molar-refractivity contribution < 1.29 is 22.7 Å². The Hall–Kier alpha value is -1.88. The summed E-state index contributed by atoms with van der Waals surface area (Å²) in [5.74, 6) is -0.456. The summed E-state index contributed by atoms with van der Waals surface area (Å²) in [5, 5.41) is 10.2. The fraction of sp³-hybridized carbons (Fsp3) is 0.200. The van der Waals surface area contributed by atoms with Crippen LogP contribution in [0, 0.1) is 12.7 Å². The topological polar surface area (TPSA) is 20.2 Å². The van der Waals surface area contributed by atoms with Gasteiger partial charge < -0.3 is 5.11 Å². The molecule has 0 saturated heterocycles. The highest BCUT2D eigenvalue weighted by Crippen LogP contribution is 2.32. The van der Waals surface area contributed by atoms with Crippen LogP contribution in [-0.4, -0.2) is 5.11 Å². The van der Waals surface area contributed by atoms with E-state index in [4.69, 9.17) is 0 Å². The van der Waals surface area contributed by atoms with E-state index in [0.717, 1.165) is 12.1 Å². The lowest BCUT2D eigenvalue weighted by atomic mass is 9.96. The molecule has 1 unspecified atom stereocenters. The maximum atomic E-state index is 13.0. The predicted molar refractivity (Wildman–Crippen MR) is 66.6 cm³/mol. The molecular weight excluding hydrogens is 272 g/mol. The minimum atomic E-state index is -4.46. The summed E-state index contributed by atoms with van der Waals surface area (Å²) in [6.45, 7) is 1.59. The number of hydrogen-bond acceptors (Lipinski definition) is 1. The van der Waals surface area contributed by atoms with Gasteiger partial charge in [-0.3, -0.25) is 0 Å². The molecule has 0 spiro atoms. The molecule has 0 aliphatic carbocycles. The van der Waals surface area contributed by atoms with Crippen molar-refractivity contribution in [1.29, 1.82) is 0 Å². The predicted octanol–water partition coefficient (Wildman–Crippen LogP) is 4.23. The van der Waals surface area contributed by atoms with Crippen LogP contribution in [0.4, 0.5) is 17.6 Å². The van der Waals surface area contributed by atoms with E-state index in [0.29, 0.717) is 11.1 Å². The van der Waals surface area contributed by atoms with Gasteiger partial charge >= 0.3 is 6.18 Å². The van der Waals surface area contributed by atoms with Crippen molar-refractivity contribution in [2.45, 2.75) is 19.2 Å². The van der Waals surface area contributed by atoms with Crippen LogP contribution in [0.25, 0.3) is 0 Å². The van der Waals surface area contributed by atoms with Crippen molar-refractivity contribution in [3.8, 4) is 0 Å². The van der Waals surface area contributed by atoms with E-state index in [-0.39, 0.29) is 5.56 Å². The van der Waals surface area contributed by atoms with Gasteiger partial charge in [-0.15, -0.1) is 0 Å². The molecule has 2 aromatic carbocycles. The Bertz CT molecular complexity index is 620. The van der Waals surface area contributed by atoms with Gasteiger partial charge in [0.2, 0.25) is 0 Å². The first kappa shape index (κ1) is 14.5. The van der Waals surface area contributed by atoms with Crippen LogP contribution < -0.4 is 0 Å². The van der Waals surface area contributed by atoms with Crippen LogP contribution in [0.15, 0.2) is 42.5 Å². The van der Waals surface area contributed by atoms with Gasteiger partial charge in [0.1, 0.15) is 11.9 Å². The molecule has 0 amide bonds. The normalized spacial score (nSPS) is 13.3. The molecule has 1 N–H and O–H groups in total. The summed E-state index contributed by atoms with van der Waals surface area (Å²) in [7, 11) is 0. The van der Waals surface area contributed by atoms with E-state index in [1.165, 1.54) is 30.3 Å². The van der Waals surface area contributed by atoms with Gasteiger partial charge in [0.05, 0.1) is 5.56 Å². The molecule has 0 fully saturated rings. The summed E-state index contributed by atoms with van der Waals surface area (Å²) in [6, 6.07) is 8.24. The van der Waals surface area contributed by atoms with Crippen LogP contribution in [0.2, 0.25) is 0 Å². The van der Waals surface area contributed by atoms with Crippen LogP contribution >= 0.6 is 0 Å². The summed E-state index contributed by atoms with van der Waals surface area (Å²) in [6.07, 6.45) is -5.69. The molecule has 2 aromatic rings. The summed E-state index contributed by atoms with van der Waals surface area (Å²) in [5.41, 5.74) is 0.156. The molecule has 0 heterocycles. The molecule has 0 radical (unpaired) electrons. The van der Waals surface area contributed by atoms with E-state index in [1.54, 1.807) is 6.92 Å². The van der Waals surface area contributed by atoms with Crippen molar-refractivity contribution in [2.24, 2.45) is 0 Å². The van der Waals surface area contributed by atoms with Gasteiger partial charge in [0.25, 0.3) is 0 Å². The molecule has 0 saturated carbocycles. The fourth-order valence-corrected chi connectivity index (χ4v) is 2.01. The highest BCUT2D eigenvalue weighted by molar-refractivity contribution is 5.37. The quantitative estimate of drug-likeness (QED) is 0.818. The number of aliphatic hydroxyl groups excluding tert-OH is 1. The molecule has 1 atom stereocenters. The molecule has 0 bridgehead atoms.